The van der Waals surface area contributed by atoms with E-state index in [0.717, 1.165) is 37.5 Å². The average molecular weight is 388 g/mol. The lowest BCUT2D eigenvalue weighted by atomic mass is 10.0. The quantitative estimate of drug-likeness (QED) is 0.727. The molecule has 3 rings (SSSR count). The van der Waals surface area contributed by atoms with Gasteiger partial charge in [0.1, 0.15) is 18.0 Å². The molecule has 1 radical (unpaired) electrons. The summed E-state index contributed by atoms with van der Waals surface area (Å²) >= 11 is 5.95. The summed E-state index contributed by atoms with van der Waals surface area (Å²) in [6.07, 6.45) is 2.16. The second-order valence-corrected chi connectivity index (χ2v) is 8.01. The van der Waals surface area contributed by atoms with Crippen LogP contribution in [0.3, 0.4) is 0 Å². The van der Waals surface area contributed by atoms with E-state index in [9.17, 15) is 5.11 Å². The Morgan fingerprint density at radius 3 is 2.63 bits per heavy atom. The summed E-state index contributed by atoms with van der Waals surface area (Å²) < 4.78 is 5.64. The maximum atomic E-state index is 10.6. The van der Waals surface area contributed by atoms with Gasteiger partial charge in [0.25, 0.3) is 0 Å². The number of aliphatic hydroxyl groups is 1. The zero-order valence-electron chi connectivity index (χ0n) is 15.8. The van der Waals surface area contributed by atoms with E-state index in [4.69, 9.17) is 16.3 Å². The molecule has 2 aromatic carbocycles. The summed E-state index contributed by atoms with van der Waals surface area (Å²) in [5, 5.41) is 14.8. The van der Waals surface area contributed by atoms with Gasteiger partial charge in [-0.2, -0.15) is 0 Å². The van der Waals surface area contributed by atoms with Crippen molar-refractivity contribution in [3.63, 3.8) is 0 Å². The van der Waals surface area contributed by atoms with Gasteiger partial charge in [-0.15, -0.1) is 0 Å². The highest BCUT2D eigenvalue weighted by Gasteiger charge is 2.25. The Balaban J connectivity index is 1.36. The van der Waals surface area contributed by atoms with Crippen molar-refractivity contribution in [2.24, 2.45) is 0 Å². The van der Waals surface area contributed by atoms with Crippen LogP contribution in [0, 0.1) is 6.07 Å². The lowest BCUT2D eigenvalue weighted by Gasteiger charge is -2.34. The molecule has 0 spiro atoms. The molecule has 145 valence electrons. The van der Waals surface area contributed by atoms with Crippen LogP contribution in [0.5, 0.6) is 5.75 Å². The van der Waals surface area contributed by atoms with Crippen molar-refractivity contribution in [2.75, 3.05) is 26.2 Å². The smallest absolute Gasteiger partial charge is 0.127 e. The van der Waals surface area contributed by atoms with Crippen LogP contribution in [0.2, 0.25) is 5.02 Å². The molecule has 1 aliphatic rings. The molecule has 27 heavy (non-hydrogen) atoms. The Hall–Kier alpha value is -1.59. The van der Waals surface area contributed by atoms with Crippen LogP contribution < -0.4 is 10.1 Å². The van der Waals surface area contributed by atoms with E-state index in [1.165, 1.54) is 5.56 Å². The fourth-order valence-electron chi connectivity index (χ4n) is 3.26. The zero-order valence-corrected chi connectivity index (χ0v) is 16.6. The molecule has 1 aliphatic heterocycles. The summed E-state index contributed by atoms with van der Waals surface area (Å²) in [6, 6.07) is 19.0. The Kier molecular flexibility index (Phi) is 7.13. The number of halogens is 1. The maximum Gasteiger partial charge on any atom is 0.127 e. The fourth-order valence-corrected chi connectivity index (χ4v) is 3.38. The first-order chi connectivity index (χ1) is 13.0. The Bertz CT molecular complexity index is 683. The normalized spacial score (nSPS) is 18.2. The van der Waals surface area contributed by atoms with E-state index in [1.807, 2.05) is 30.3 Å². The van der Waals surface area contributed by atoms with Crippen molar-refractivity contribution >= 4 is 11.6 Å². The Labute approximate surface area is 167 Å². The number of hydrogen-bond acceptors (Lipinski definition) is 4. The highest BCUT2D eigenvalue weighted by Crippen LogP contribution is 2.17. The van der Waals surface area contributed by atoms with E-state index in [-0.39, 0.29) is 6.61 Å². The Morgan fingerprint density at radius 1 is 1.22 bits per heavy atom. The third kappa shape index (κ3) is 6.82. The van der Waals surface area contributed by atoms with Gasteiger partial charge < -0.3 is 15.2 Å². The molecular formula is C22H28ClN2O2. The number of piperidine rings is 1. The minimum absolute atomic E-state index is 0.246. The van der Waals surface area contributed by atoms with Crippen LogP contribution in [0.15, 0.2) is 48.5 Å². The van der Waals surface area contributed by atoms with Crippen molar-refractivity contribution in [2.45, 2.75) is 38.0 Å². The monoisotopic (exact) mass is 387 g/mol. The number of nitrogens with zero attached hydrogens (tertiary/aromatic N) is 1. The van der Waals surface area contributed by atoms with Gasteiger partial charge in [0.2, 0.25) is 0 Å². The predicted octanol–water partition coefficient (Wildman–Crippen LogP) is 3.52. The number of benzene rings is 2. The van der Waals surface area contributed by atoms with E-state index >= 15 is 0 Å². The van der Waals surface area contributed by atoms with Crippen LogP contribution in [0.1, 0.15) is 25.3 Å². The van der Waals surface area contributed by atoms with E-state index < -0.39 is 5.60 Å². The summed E-state index contributed by atoms with van der Waals surface area (Å²) in [4.78, 5) is 2.47. The summed E-state index contributed by atoms with van der Waals surface area (Å²) in [6.45, 7) is 5.63. The first-order valence-electron chi connectivity index (χ1n) is 9.52. The molecule has 1 saturated heterocycles. The molecule has 1 atom stereocenters. The van der Waals surface area contributed by atoms with Gasteiger partial charge in [-0.05, 0) is 56.6 Å². The molecule has 0 aromatic heterocycles. The van der Waals surface area contributed by atoms with Crippen molar-refractivity contribution in [3.8, 4) is 5.75 Å². The van der Waals surface area contributed by atoms with Gasteiger partial charge in [-0.1, -0.05) is 41.9 Å². The second-order valence-electron chi connectivity index (χ2n) is 7.57. The molecule has 1 heterocycles. The zero-order chi connectivity index (χ0) is 19.1. The SMILES string of the molecule is C[C@](O)(CNC1CCN(Cc2ccc(Cl)cc2)CC1)COc1[c]cccc1. The number of ether oxygens (including phenoxy) is 1. The topological polar surface area (TPSA) is 44.7 Å². The van der Waals surface area contributed by atoms with Gasteiger partial charge in [-0.3, -0.25) is 4.90 Å². The molecule has 0 aliphatic carbocycles. The van der Waals surface area contributed by atoms with Crippen LogP contribution in [0.25, 0.3) is 0 Å². The van der Waals surface area contributed by atoms with Crippen molar-refractivity contribution < 1.29 is 9.84 Å². The lowest BCUT2D eigenvalue weighted by Crippen LogP contribution is -2.49. The van der Waals surface area contributed by atoms with Crippen molar-refractivity contribution in [3.05, 3.63) is 65.2 Å². The third-order valence-electron chi connectivity index (χ3n) is 4.90. The highest BCUT2D eigenvalue weighted by molar-refractivity contribution is 6.30. The van der Waals surface area contributed by atoms with Gasteiger partial charge in [-0.25, -0.2) is 0 Å². The lowest BCUT2D eigenvalue weighted by molar-refractivity contribution is 0.00807. The van der Waals surface area contributed by atoms with Crippen LogP contribution in [0.4, 0.5) is 0 Å². The molecule has 1 fully saturated rings. The number of rotatable bonds is 8. The molecular weight excluding hydrogens is 360 g/mol. The third-order valence-corrected chi connectivity index (χ3v) is 5.15. The Morgan fingerprint density at radius 2 is 1.96 bits per heavy atom. The minimum atomic E-state index is -0.913. The van der Waals surface area contributed by atoms with E-state index in [2.05, 4.69) is 28.4 Å². The van der Waals surface area contributed by atoms with Gasteiger partial charge in [0.05, 0.1) is 0 Å². The maximum absolute atomic E-state index is 10.6. The van der Waals surface area contributed by atoms with Crippen LogP contribution in [-0.4, -0.2) is 47.9 Å². The molecule has 0 amide bonds. The second kappa shape index (κ2) is 9.56. The molecule has 2 aromatic rings. The summed E-state index contributed by atoms with van der Waals surface area (Å²) in [5.74, 6) is 0.660. The van der Waals surface area contributed by atoms with Gasteiger partial charge in [0, 0.05) is 30.2 Å². The van der Waals surface area contributed by atoms with Crippen molar-refractivity contribution in [1.29, 1.82) is 0 Å². The molecule has 0 unspecified atom stereocenters. The van der Waals surface area contributed by atoms with Crippen LogP contribution in [-0.2, 0) is 6.54 Å². The van der Waals surface area contributed by atoms with Gasteiger partial charge >= 0.3 is 0 Å². The average Bonchev–Trinajstić information content (AvgIpc) is 2.69. The standard InChI is InChI=1S/C22H28ClN2O2/c1-22(26,17-27-21-5-3-2-4-6-21)16-24-20-11-13-25(14-12-20)15-18-7-9-19(23)10-8-18/h2-5,7-10,20,24,26H,11-17H2,1H3/t22-/m0/s1. The first-order valence-corrected chi connectivity index (χ1v) is 9.90. The van der Waals surface area contributed by atoms with E-state index in [0.29, 0.717) is 18.3 Å². The number of hydrogen-bond donors (Lipinski definition) is 2. The van der Waals surface area contributed by atoms with Gasteiger partial charge in [0.15, 0.2) is 0 Å². The first kappa shape index (κ1) is 20.2. The summed E-state index contributed by atoms with van der Waals surface area (Å²) in [5.41, 5.74) is 0.382. The largest absolute Gasteiger partial charge is 0.490 e. The highest BCUT2D eigenvalue weighted by atomic mass is 35.5. The predicted molar refractivity (Wildman–Crippen MR) is 109 cm³/mol. The number of likely N-dealkylation sites (tertiary alicyclic amines) is 1. The molecule has 4 nitrogen and oxygen atoms in total. The molecule has 0 bridgehead atoms. The fraction of sp³-hybridized carbons (Fsp3) is 0.455. The number of nitrogens with one attached hydrogen (secondary N) is 1. The molecule has 2 N–H and O–H groups in total. The van der Waals surface area contributed by atoms with E-state index in [1.54, 1.807) is 13.0 Å². The molecule has 0 saturated carbocycles. The summed E-state index contributed by atoms with van der Waals surface area (Å²) in [7, 11) is 0. The number of para-hydroxylation sites is 1. The van der Waals surface area contributed by atoms with Crippen molar-refractivity contribution in [1.82, 2.24) is 10.2 Å². The molecule has 5 heteroatoms. The minimum Gasteiger partial charge on any atom is -0.490 e. The van der Waals surface area contributed by atoms with Crippen LogP contribution >= 0.6 is 11.6 Å².